The molecule has 0 saturated carbocycles. The highest BCUT2D eigenvalue weighted by molar-refractivity contribution is 7.88. The molecule has 0 aliphatic carbocycles. The molecule has 26 heavy (non-hydrogen) atoms. The summed E-state index contributed by atoms with van der Waals surface area (Å²) >= 11 is 6.23. The van der Waals surface area contributed by atoms with Gasteiger partial charge in [0.05, 0.1) is 12.5 Å². The van der Waals surface area contributed by atoms with Crippen LogP contribution in [0.25, 0.3) is 5.52 Å². The maximum absolute atomic E-state index is 11.6. The number of nitrogens with one attached hydrogen (secondary N) is 1. The summed E-state index contributed by atoms with van der Waals surface area (Å²) in [4.78, 5) is 8.81. The van der Waals surface area contributed by atoms with E-state index in [-0.39, 0.29) is 12.0 Å². The van der Waals surface area contributed by atoms with E-state index in [1.165, 1.54) is 10.6 Å². The van der Waals surface area contributed by atoms with E-state index >= 15 is 0 Å². The molecule has 1 N–H and O–H groups in total. The molecule has 0 radical (unpaired) electrons. The lowest BCUT2D eigenvalue weighted by Gasteiger charge is -2.30. The van der Waals surface area contributed by atoms with Crippen LogP contribution in [-0.2, 0) is 10.0 Å². The Balaban J connectivity index is 1.78. The quantitative estimate of drug-likeness (QED) is 0.828. The van der Waals surface area contributed by atoms with Crippen molar-refractivity contribution < 1.29 is 8.42 Å². The predicted octanol–water partition coefficient (Wildman–Crippen LogP) is 2.37. The van der Waals surface area contributed by atoms with Crippen molar-refractivity contribution in [2.75, 3.05) is 24.7 Å². The molecule has 3 heterocycles. The number of halogens is 1. The summed E-state index contributed by atoms with van der Waals surface area (Å²) in [5.41, 5.74) is 0.687. The normalized spacial score (nSPS) is 18.5. The Morgan fingerprint density at radius 3 is 2.50 bits per heavy atom. The Kier molecular flexibility index (Phi) is 5.41. The van der Waals surface area contributed by atoms with Crippen LogP contribution in [0.4, 0.5) is 5.95 Å². The number of sulfonamides is 1. The van der Waals surface area contributed by atoms with Gasteiger partial charge in [-0.15, -0.1) is 5.10 Å². The largest absolute Gasteiger partial charge is 0.350 e. The van der Waals surface area contributed by atoms with Gasteiger partial charge in [0, 0.05) is 25.0 Å². The minimum atomic E-state index is -3.12. The summed E-state index contributed by atoms with van der Waals surface area (Å²) in [5, 5.41) is 8.29. The minimum absolute atomic E-state index is 0.135. The molecule has 0 amide bonds. The topological polar surface area (TPSA) is 92.5 Å². The number of imidazole rings is 1. The van der Waals surface area contributed by atoms with E-state index in [2.05, 4.69) is 41.2 Å². The molecule has 0 spiro atoms. The fourth-order valence-electron chi connectivity index (χ4n) is 3.05. The molecule has 0 aromatic carbocycles. The summed E-state index contributed by atoms with van der Waals surface area (Å²) in [7, 11) is -3.12. The van der Waals surface area contributed by atoms with Crippen LogP contribution >= 0.6 is 11.6 Å². The SMILES string of the molecule is CC(C)C(C)c1nc(Cl)c2cnc(NC3CCN(S(C)(=O)=O)CC3)nn12. The first kappa shape index (κ1) is 19.3. The van der Waals surface area contributed by atoms with Crippen LogP contribution in [-0.4, -0.2) is 57.7 Å². The second-order valence-corrected chi connectivity index (χ2v) is 9.59. The van der Waals surface area contributed by atoms with E-state index in [0.717, 1.165) is 5.82 Å². The number of hydrogen-bond donors (Lipinski definition) is 1. The van der Waals surface area contributed by atoms with Crippen LogP contribution in [0.5, 0.6) is 0 Å². The lowest BCUT2D eigenvalue weighted by molar-refractivity contribution is 0.331. The lowest BCUT2D eigenvalue weighted by Crippen LogP contribution is -2.42. The molecule has 2 aromatic rings. The molecule has 10 heteroatoms. The van der Waals surface area contributed by atoms with Crippen LogP contribution in [0.3, 0.4) is 0 Å². The van der Waals surface area contributed by atoms with Gasteiger partial charge in [0.25, 0.3) is 0 Å². The molecular formula is C16H25ClN6O2S. The first-order valence-electron chi connectivity index (χ1n) is 8.79. The molecular weight excluding hydrogens is 376 g/mol. The highest BCUT2D eigenvalue weighted by Crippen LogP contribution is 2.27. The number of piperidine rings is 1. The van der Waals surface area contributed by atoms with Crippen LogP contribution in [0, 0.1) is 5.92 Å². The van der Waals surface area contributed by atoms with Crippen LogP contribution in [0.15, 0.2) is 6.20 Å². The molecule has 1 aliphatic heterocycles. The van der Waals surface area contributed by atoms with Gasteiger partial charge in [0.15, 0.2) is 5.15 Å². The van der Waals surface area contributed by atoms with Gasteiger partial charge in [-0.1, -0.05) is 32.4 Å². The lowest BCUT2D eigenvalue weighted by atomic mass is 9.98. The van der Waals surface area contributed by atoms with Gasteiger partial charge >= 0.3 is 0 Å². The number of rotatable bonds is 5. The Labute approximate surface area is 159 Å². The highest BCUT2D eigenvalue weighted by Gasteiger charge is 2.26. The Bertz CT molecular complexity index is 890. The summed E-state index contributed by atoms with van der Waals surface area (Å²) in [6.45, 7) is 7.38. The molecule has 1 fully saturated rings. The van der Waals surface area contributed by atoms with Gasteiger partial charge in [-0.3, -0.25) is 0 Å². The smallest absolute Gasteiger partial charge is 0.241 e. The number of anilines is 1. The van der Waals surface area contributed by atoms with Crippen LogP contribution < -0.4 is 5.32 Å². The molecule has 1 unspecified atom stereocenters. The van der Waals surface area contributed by atoms with E-state index in [4.69, 9.17) is 11.6 Å². The van der Waals surface area contributed by atoms with Crippen molar-refractivity contribution in [2.24, 2.45) is 5.92 Å². The third-order valence-electron chi connectivity index (χ3n) is 5.04. The Morgan fingerprint density at radius 2 is 1.92 bits per heavy atom. The van der Waals surface area contributed by atoms with Crippen molar-refractivity contribution in [3.63, 3.8) is 0 Å². The van der Waals surface area contributed by atoms with Gasteiger partial charge in [-0.05, 0) is 18.8 Å². The number of fused-ring (bicyclic) bond motifs is 1. The van der Waals surface area contributed by atoms with E-state index < -0.39 is 10.0 Å². The Hall–Kier alpha value is -1.45. The van der Waals surface area contributed by atoms with Gasteiger partial charge < -0.3 is 5.32 Å². The second-order valence-electron chi connectivity index (χ2n) is 7.25. The van der Waals surface area contributed by atoms with E-state index in [1.807, 2.05) is 0 Å². The zero-order valence-corrected chi connectivity index (χ0v) is 17.0. The Morgan fingerprint density at radius 1 is 1.27 bits per heavy atom. The predicted molar refractivity (Wildman–Crippen MR) is 102 cm³/mol. The van der Waals surface area contributed by atoms with Crippen LogP contribution in [0.2, 0.25) is 5.15 Å². The minimum Gasteiger partial charge on any atom is -0.350 e. The fourth-order valence-corrected chi connectivity index (χ4v) is 4.13. The molecule has 8 nitrogen and oxygen atoms in total. The van der Waals surface area contributed by atoms with E-state index in [9.17, 15) is 8.42 Å². The van der Waals surface area contributed by atoms with Crippen molar-refractivity contribution in [2.45, 2.75) is 45.6 Å². The number of aromatic nitrogens is 4. The molecule has 3 rings (SSSR count). The summed E-state index contributed by atoms with van der Waals surface area (Å²) < 4.78 is 26.5. The van der Waals surface area contributed by atoms with Gasteiger partial charge in [0.1, 0.15) is 11.3 Å². The van der Waals surface area contributed by atoms with Crippen molar-refractivity contribution >= 4 is 33.1 Å². The monoisotopic (exact) mass is 400 g/mol. The maximum Gasteiger partial charge on any atom is 0.241 e. The average Bonchev–Trinajstić information content (AvgIpc) is 2.90. The third-order valence-corrected chi connectivity index (χ3v) is 6.62. The summed E-state index contributed by atoms with van der Waals surface area (Å²) in [6, 6.07) is 0.135. The van der Waals surface area contributed by atoms with Crippen LogP contribution in [0.1, 0.15) is 45.4 Å². The van der Waals surface area contributed by atoms with Crippen molar-refractivity contribution in [3.8, 4) is 0 Å². The van der Waals surface area contributed by atoms with Gasteiger partial charge in [0.2, 0.25) is 16.0 Å². The van der Waals surface area contributed by atoms with Crippen molar-refractivity contribution in [3.05, 3.63) is 17.2 Å². The third kappa shape index (κ3) is 3.94. The molecule has 1 atom stereocenters. The standard InChI is InChI=1S/C16H25ClN6O2S/c1-10(2)11(3)15-20-14(17)13-9-18-16(21-23(13)15)19-12-5-7-22(8-6-12)26(4,24)25/h9-12H,5-8H2,1-4H3,(H,19,21). The van der Waals surface area contributed by atoms with Gasteiger partial charge in [-0.25, -0.2) is 27.2 Å². The molecule has 1 aliphatic rings. The molecule has 1 saturated heterocycles. The zero-order valence-electron chi connectivity index (χ0n) is 15.5. The second kappa shape index (κ2) is 7.28. The molecule has 2 aromatic heterocycles. The first-order valence-corrected chi connectivity index (χ1v) is 11.0. The molecule has 144 valence electrons. The van der Waals surface area contributed by atoms with Crippen molar-refractivity contribution in [1.29, 1.82) is 0 Å². The fraction of sp³-hybridized carbons (Fsp3) is 0.688. The first-order chi connectivity index (χ1) is 12.2. The van der Waals surface area contributed by atoms with Gasteiger partial charge in [-0.2, -0.15) is 0 Å². The highest BCUT2D eigenvalue weighted by atomic mass is 35.5. The zero-order chi connectivity index (χ0) is 19.1. The maximum atomic E-state index is 11.6. The summed E-state index contributed by atoms with van der Waals surface area (Å²) in [5.74, 6) is 1.93. The average molecular weight is 401 g/mol. The van der Waals surface area contributed by atoms with Crippen molar-refractivity contribution in [1.82, 2.24) is 23.9 Å². The number of nitrogens with zero attached hydrogens (tertiary/aromatic N) is 5. The summed E-state index contributed by atoms with van der Waals surface area (Å²) in [6.07, 6.45) is 4.35. The molecule has 0 bridgehead atoms. The van der Waals surface area contributed by atoms with E-state index in [1.54, 1.807) is 10.7 Å². The number of hydrogen-bond acceptors (Lipinski definition) is 6. The van der Waals surface area contributed by atoms with E-state index in [0.29, 0.717) is 48.5 Å².